The summed E-state index contributed by atoms with van der Waals surface area (Å²) in [6.45, 7) is 4.87. The zero-order chi connectivity index (χ0) is 33.4. The Balaban J connectivity index is 1.83. The molecule has 0 aromatic heterocycles. The van der Waals surface area contributed by atoms with Gasteiger partial charge in [0.2, 0.25) is 11.8 Å². The van der Waals surface area contributed by atoms with Gasteiger partial charge < -0.3 is 10.2 Å². The minimum absolute atomic E-state index is 0.0394. The van der Waals surface area contributed by atoms with Crippen LogP contribution in [0.4, 0.5) is 10.1 Å². The van der Waals surface area contributed by atoms with Gasteiger partial charge in [-0.25, -0.2) is 12.8 Å². The Labute approximate surface area is 280 Å². The molecule has 1 N–H and O–H groups in total. The van der Waals surface area contributed by atoms with Gasteiger partial charge in [-0.1, -0.05) is 90.3 Å². The van der Waals surface area contributed by atoms with Gasteiger partial charge in [-0.15, -0.1) is 0 Å². The quantitative estimate of drug-likeness (QED) is 0.162. The van der Waals surface area contributed by atoms with E-state index in [-0.39, 0.29) is 39.6 Å². The average Bonchev–Trinajstić information content (AvgIpc) is 3.02. The Kier molecular flexibility index (Phi) is 11.8. The summed E-state index contributed by atoms with van der Waals surface area (Å²) in [4.78, 5) is 29.7. The normalized spacial score (nSPS) is 12.7. The number of benzene rings is 4. The van der Waals surface area contributed by atoms with Crippen molar-refractivity contribution in [3.8, 4) is 0 Å². The number of hydrogen-bond acceptors (Lipinski definition) is 4. The number of nitrogens with zero attached hydrogens (tertiary/aromatic N) is 2. The minimum Gasteiger partial charge on any atom is -0.352 e. The number of anilines is 1. The van der Waals surface area contributed by atoms with Crippen LogP contribution in [0.25, 0.3) is 0 Å². The van der Waals surface area contributed by atoms with Gasteiger partial charge in [-0.3, -0.25) is 13.9 Å². The molecule has 0 saturated heterocycles. The van der Waals surface area contributed by atoms with Crippen molar-refractivity contribution in [3.63, 3.8) is 0 Å². The van der Waals surface area contributed by atoms with E-state index >= 15 is 0 Å². The number of sulfonamides is 1. The summed E-state index contributed by atoms with van der Waals surface area (Å²) in [5, 5.41) is 3.34. The van der Waals surface area contributed by atoms with Crippen LogP contribution in [0.3, 0.4) is 0 Å². The molecule has 2 amide bonds. The van der Waals surface area contributed by atoms with Gasteiger partial charge in [0.25, 0.3) is 10.0 Å². The number of carbonyl (C=O) groups is 2. The Bertz CT molecular complexity index is 1740. The second-order valence-corrected chi connectivity index (χ2v) is 13.9. The number of amides is 2. The molecule has 0 aliphatic carbocycles. The third kappa shape index (κ3) is 9.09. The maximum absolute atomic E-state index is 14.5. The molecule has 0 bridgehead atoms. The number of aryl methyl sites for hydroxylation is 1. The van der Waals surface area contributed by atoms with Crippen LogP contribution in [0.15, 0.2) is 102 Å². The minimum atomic E-state index is -4.32. The van der Waals surface area contributed by atoms with Crippen LogP contribution in [0.5, 0.6) is 0 Å². The van der Waals surface area contributed by atoms with E-state index in [9.17, 15) is 22.4 Å². The zero-order valence-corrected chi connectivity index (χ0v) is 28.1. The SMILES string of the molecule is CC[C@@H](C)NC(=O)[C@@H](Cc1ccccc1)N(Cc1ccc(F)cc1)C(=O)CN(c1cc(Cl)cc(Cl)c1)S(=O)(=O)c1ccc(C)cc1. The number of carbonyl (C=O) groups excluding carboxylic acids is 2. The van der Waals surface area contributed by atoms with Gasteiger partial charge in [0.05, 0.1) is 10.6 Å². The summed E-state index contributed by atoms with van der Waals surface area (Å²) in [6, 6.07) is 24.1. The predicted molar refractivity (Wildman–Crippen MR) is 181 cm³/mol. The highest BCUT2D eigenvalue weighted by molar-refractivity contribution is 7.92. The molecule has 2 atom stereocenters. The van der Waals surface area contributed by atoms with Gasteiger partial charge in [-0.2, -0.15) is 0 Å². The van der Waals surface area contributed by atoms with Crippen molar-refractivity contribution < 1.29 is 22.4 Å². The second-order valence-electron chi connectivity index (χ2n) is 11.1. The highest BCUT2D eigenvalue weighted by Gasteiger charge is 2.35. The monoisotopic (exact) mass is 683 g/mol. The van der Waals surface area contributed by atoms with Crippen molar-refractivity contribution in [2.45, 2.75) is 57.1 Å². The van der Waals surface area contributed by atoms with Gasteiger partial charge in [0.1, 0.15) is 18.4 Å². The van der Waals surface area contributed by atoms with Crippen molar-refractivity contribution in [1.29, 1.82) is 0 Å². The number of hydrogen-bond donors (Lipinski definition) is 1. The van der Waals surface area contributed by atoms with Crippen molar-refractivity contribution in [2.24, 2.45) is 0 Å². The molecule has 7 nitrogen and oxygen atoms in total. The van der Waals surface area contributed by atoms with Crippen LogP contribution in [-0.4, -0.2) is 43.8 Å². The molecule has 0 aliphatic heterocycles. The first-order chi connectivity index (χ1) is 21.9. The largest absolute Gasteiger partial charge is 0.352 e. The van der Waals surface area contributed by atoms with E-state index in [1.807, 2.05) is 51.1 Å². The van der Waals surface area contributed by atoms with Crippen molar-refractivity contribution >= 4 is 50.7 Å². The molecule has 4 rings (SSSR count). The highest BCUT2D eigenvalue weighted by atomic mass is 35.5. The summed E-state index contributed by atoms with van der Waals surface area (Å²) < 4.78 is 43.1. The molecular formula is C35H36Cl2FN3O4S. The molecule has 46 heavy (non-hydrogen) atoms. The van der Waals surface area contributed by atoms with Gasteiger partial charge >= 0.3 is 0 Å². The fourth-order valence-corrected chi connectivity index (χ4v) is 6.74. The first-order valence-electron chi connectivity index (χ1n) is 14.8. The van der Waals surface area contributed by atoms with E-state index in [1.165, 1.54) is 59.5 Å². The molecule has 4 aromatic rings. The smallest absolute Gasteiger partial charge is 0.264 e. The van der Waals surface area contributed by atoms with E-state index in [0.717, 1.165) is 15.4 Å². The third-order valence-corrected chi connectivity index (χ3v) is 9.79. The molecule has 0 unspecified atom stereocenters. The predicted octanol–water partition coefficient (Wildman–Crippen LogP) is 7.19. The van der Waals surface area contributed by atoms with Crippen LogP contribution in [0.1, 0.15) is 37.0 Å². The molecule has 11 heteroatoms. The molecule has 0 fully saturated rings. The van der Waals surface area contributed by atoms with E-state index in [0.29, 0.717) is 12.0 Å². The molecule has 0 radical (unpaired) electrons. The van der Waals surface area contributed by atoms with E-state index in [4.69, 9.17) is 23.2 Å². The first kappa shape index (κ1) is 34.9. The Hall–Kier alpha value is -3.92. The number of halogens is 3. The lowest BCUT2D eigenvalue weighted by Gasteiger charge is -2.34. The summed E-state index contributed by atoms with van der Waals surface area (Å²) in [5.74, 6) is -1.51. The lowest BCUT2D eigenvalue weighted by atomic mass is 10.0. The number of nitrogens with one attached hydrogen (secondary N) is 1. The third-order valence-electron chi connectivity index (χ3n) is 7.56. The summed E-state index contributed by atoms with van der Waals surface area (Å²) in [7, 11) is -4.32. The maximum Gasteiger partial charge on any atom is 0.264 e. The second kappa shape index (κ2) is 15.6. The highest BCUT2D eigenvalue weighted by Crippen LogP contribution is 2.30. The van der Waals surface area contributed by atoms with E-state index in [2.05, 4.69) is 5.32 Å². The van der Waals surface area contributed by atoms with Crippen LogP contribution in [0.2, 0.25) is 10.0 Å². The lowest BCUT2D eigenvalue weighted by molar-refractivity contribution is -0.140. The fraction of sp³-hybridized carbons (Fsp3) is 0.257. The summed E-state index contributed by atoms with van der Waals surface area (Å²) in [6.07, 6.45) is 0.817. The zero-order valence-electron chi connectivity index (χ0n) is 25.8. The Morgan fingerprint density at radius 3 is 2.07 bits per heavy atom. The first-order valence-corrected chi connectivity index (χ1v) is 17.0. The fourth-order valence-electron chi connectivity index (χ4n) is 4.83. The van der Waals surface area contributed by atoms with Crippen molar-refractivity contribution in [1.82, 2.24) is 10.2 Å². The standard InChI is InChI=1S/C35H36Cl2FN3O4S/c1-4-25(3)39-35(43)33(18-26-8-6-5-7-9-26)40(22-27-12-14-30(38)15-13-27)34(42)23-41(31-20-28(36)19-29(37)21-31)46(44,45)32-16-10-24(2)11-17-32/h5-17,19-21,25,33H,4,18,22-23H2,1-3H3,(H,39,43)/t25-,33-/m1/s1. The van der Waals surface area contributed by atoms with Gasteiger partial charge in [0.15, 0.2) is 0 Å². The number of rotatable bonds is 13. The maximum atomic E-state index is 14.5. The average molecular weight is 685 g/mol. The Morgan fingerprint density at radius 2 is 1.48 bits per heavy atom. The molecule has 242 valence electrons. The van der Waals surface area contributed by atoms with E-state index < -0.39 is 40.2 Å². The van der Waals surface area contributed by atoms with Crippen LogP contribution >= 0.6 is 23.2 Å². The van der Waals surface area contributed by atoms with Crippen molar-refractivity contribution in [3.05, 3.63) is 130 Å². The molecule has 0 saturated carbocycles. The summed E-state index contributed by atoms with van der Waals surface area (Å²) in [5.41, 5.74) is 2.29. The molecule has 0 spiro atoms. The summed E-state index contributed by atoms with van der Waals surface area (Å²) >= 11 is 12.6. The van der Waals surface area contributed by atoms with E-state index in [1.54, 1.807) is 12.1 Å². The topological polar surface area (TPSA) is 86.8 Å². The van der Waals surface area contributed by atoms with Gasteiger partial charge in [-0.05, 0) is 73.9 Å². The molecule has 0 aliphatic rings. The van der Waals surface area contributed by atoms with Gasteiger partial charge in [0, 0.05) is 29.1 Å². The molecule has 4 aromatic carbocycles. The van der Waals surface area contributed by atoms with Crippen LogP contribution < -0.4 is 9.62 Å². The molecule has 0 heterocycles. The van der Waals surface area contributed by atoms with Crippen LogP contribution in [0, 0.1) is 12.7 Å². The van der Waals surface area contributed by atoms with Crippen LogP contribution in [-0.2, 0) is 32.6 Å². The Morgan fingerprint density at radius 1 is 0.870 bits per heavy atom. The van der Waals surface area contributed by atoms with Crippen molar-refractivity contribution in [2.75, 3.05) is 10.8 Å². The molecular weight excluding hydrogens is 648 g/mol. The lowest BCUT2D eigenvalue weighted by Crippen LogP contribution is -2.54.